The molecule has 4 heteroatoms. The molecule has 116 valence electrons. The first kappa shape index (κ1) is 15.9. The van der Waals surface area contributed by atoms with Crippen molar-refractivity contribution in [2.75, 3.05) is 6.61 Å². The predicted octanol–water partition coefficient (Wildman–Crippen LogP) is 3.08. The Kier molecular flexibility index (Phi) is 5.83. The van der Waals surface area contributed by atoms with Crippen molar-refractivity contribution in [2.24, 2.45) is 5.73 Å². The maximum atomic E-state index is 10.8. The minimum Gasteiger partial charge on any atom is -0.489 e. The maximum Gasteiger partial charge on any atom is 0.255 e. The van der Waals surface area contributed by atoms with Gasteiger partial charge in [0.2, 0.25) is 0 Å². The number of rotatable bonds is 8. The molecule has 2 rings (SSSR count). The van der Waals surface area contributed by atoms with Gasteiger partial charge in [-0.3, -0.25) is 4.79 Å². The van der Waals surface area contributed by atoms with E-state index in [-0.39, 0.29) is 6.61 Å². The lowest BCUT2D eigenvalue weighted by molar-refractivity contribution is -0.119. The monoisotopic (exact) mass is 299 g/mol. The van der Waals surface area contributed by atoms with Gasteiger partial charge in [-0.2, -0.15) is 0 Å². The number of hydrogen-bond acceptors (Lipinski definition) is 3. The molecule has 0 heterocycles. The van der Waals surface area contributed by atoms with Crippen LogP contribution < -0.4 is 15.2 Å². The van der Waals surface area contributed by atoms with Crippen LogP contribution >= 0.6 is 0 Å². The number of carbonyl (C=O) groups excluding carboxylic acids is 1. The summed E-state index contributed by atoms with van der Waals surface area (Å²) >= 11 is 0. The minimum atomic E-state index is -0.480. The molecule has 2 aromatic carbocycles. The zero-order chi connectivity index (χ0) is 15.8. The van der Waals surface area contributed by atoms with Crippen LogP contribution in [0.5, 0.6) is 11.5 Å². The Balaban J connectivity index is 2.05. The third kappa shape index (κ3) is 4.81. The van der Waals surface area contributed by atoms with E-state index in [1.807, 2.05) is 48.5 Å². The zero-order valence-electron chi connectivity index (χ0n) is 12.7. The van der Waals surface area contributed by atoms with Gasteiger partial charge in [-0.05, 0) is 35.7 Å². The fraction of sp³-hybridized carbons (Fsp3) is 0.278. The van der Waals surface area contributed by atoms with E-state index in [0.717, 1.165) is 29.7 Å². The average molecular weight is 299 g/mol. The largest absolute Gasteiger partial charge is 0.489 e. The molecule has 0 unspecified atom stereocenters. The van der Waals surface area contributed by atoms with Crippen molar-refractivity contribution < 1.29 is 14.3 Å². The molecule has 0 aliphatic heterocycles. The third-order valence-corrected chi connectivity index (χ3v) is 3.17. The lowest BCUT2D eigenvalue weighted by atomic mass is 10.1. The number of ether oxygens (including phenoxy) is 2. The van der Waals surface area contributed by atoms with Crippen molar-refractivity contribution in [3.63, 3.8) is 0 Å². The molecule has 22 heavy (non-hydrogen) atoms. The van der Waals surface area contributed by atoms with Crippen molar-refractivity contribution >= 4 is 5.91 Å². The van der Waals surface area contributed by atoms with Gasteiger partial charge in [-0.25, -0.2) is 0 Å². The van der Waals surface area contributed by atoms with Gasteiger partial charge < -0.3 is 15.2 Å². The standard InChI is InChI=1S/C18H21NO3/c1-2-6-15-11-16(9-10-17(15)22-13-18(19)20)21-12-14-7-4-3-5-8-14/h3-5,7-11H,2,6,12-13H2,1H3,(H2,19,20). The van der Waals surface area contributed by atoms with E-state index in [0.29, 0.717) is 12.4 Å². The molecule has 0 aliphatic rings. The molecule has 2 N–H and O–H groups in total. The molecule has 0 saturated heterocycles. The first-order valence-corrected chi connectivity index (χ1v) is 7.39. The summed E-state index contributed by atoms with van der Waals surface area (Å²) < 4.78 is 11.3. The van der Waals surface area contributed by atoms with Crippen molar-refractivity contribution in [1.82, 2.24) is 0 Å². The number of aryl methyl sites for hydroxylation is 1. The third-order valence-electron chi connectivity index (χ3n) is 3.17. The van der Waals surface area contributed by atoms with E-state index in [1.165, 1.54) is 0 Å². The molecule has 1 amide bonds. The highest BCUT2D eigenvalue weighted by atomic mass is 16.5. The summed E-state index contributed by atoms with van der Waals surface area (Å²) in [6.45, 7) is 2.50. The van der Waals surface area contributed by atoms with Crippen molar-refractivity contribution in [3.8, 4) is 11.5 Å². The summed E-state index contributed by atoms with van der Waals surface area (Å²) in [6.07, 6.45) is 1.84. The molecule has 0 radical (unpaired) electrons. The highest BCUT2D eigenvalue weighted by Gasteiger charge is 2.07. The highest BCUT2D eigenvalue weighted by molar-refractivity contribution is 5.75. The Morgan fingerprint density at radius 2 is 1.86 bits per heavy atom. The van der Waals surface area contributed by atoms with E-state index >= 15 is 0 Å². The molecule has 0 fully saturated rings. The SMILES string of the molecule is CCCc1cc(OCc2ccccc2)ccc1OCC(N)=O. The second kappa shape index (κ2) is 8.08. The summed E-state index contributed by atoms with van der Waals surface area (Å²) in [5, 5.41) is 0. The minimum absolute atomic E-state index is 0.110. The number of carbonyl (C=O) groups is 1. The van der Waals surface area contributed by atoms with Crippen LogP contribution in [0.4, 0.5) is 0 Å². The number of primary amides is 1. The van der Waals surface area contributed by atoms with Gasteiger partial charge >= 0.3 is 0 Å². The highest BCUT2D eigenvalue weighted by Crippen LogP contribution is 2.26. The molecule has 2 aromatic rings. The Morgan fingerprint density at radius 1 is 1.09 bits per heavy atom. The summed E-state index contributed by atoms with van der Waals surface area (Å²) in [6, 6.07) is 15.6. The Labute approximate surface area is 130 Å². The summed E-state index contributed by atoms with van der Waals surface area (Å²) in [7, 11) is 0. The quantitative estimate of drug-likeness (QED) is 0.815. The molecule has 0 bridgehead atoms. The van der Waals surface area contributed by atoms with E-state index < -0.39 is 5.91 Å². The average Bonchev–Trinajstić information content (AvgIpc) is 2.53. The van der Waals surface area contributed by atoms with Gasteiger partial charge in [0.05, 0.1) is 0 Å². The van der Waals surface area contributed by atoms with Crippen molar-refractivity contribution in [2.45, 2.75) is 26.4 Å². The topological polar surface area (TPSA) is 61.6 Å². The fourth-order valence-electron chi connectivity index (χ4n) is 2.14. The van der Waals surface area contributed by atoms with Crippen LogP contribution in [0.25, 0.3) is 0 Å². The molecular weight excluding hydrogens is 278 g/mol. The molecule has 0 saturated carbocycles. The molecule has 0 aliphatic carbocycles. The van der Waals surface area contributed by atoms with E-state index in [2.05, 4.69) is 6.92 Å². The van der Waals surface area contributed by atoms with Crippen LogP contribution in [0, 0.1) is 0 Å². The fourth-order valence-corrected chi connectivity index (χ4v) is 2.14. The van der Waals surface area contributed by atoms with E-state index in [1.54, 1.807) is 0 Å². The lowest BCUT2D eigenvalue weighted by Crippen LogP contribution is -2.20. The lowest BCUT2D eigenvalue weighted by Gasteiger charge is -2.13. The van der Waals surface area contributed by atoms with Gasteiger partial charge in [0.25, 0.3) is 5.91 Å². The Hall–Kier alpha value is -2.49. The van der Waals surface area contributed by atoms with Crippen LogP contribution in [-0.2, 0) is 17.8 Å². The molecule has 0 aromatic heterocycles. The van der Waals surface area contributed by atoms with Gasteiger partial charge in [0.1, 0.15) is 18.1 Å². The number of hydrogen-bond donors (Lipinski definition) is 1. The first-order valence-electron chi connectivity index (χ1n) is 7.39. The Bertz CT molecular complexity index is 611. The summed E-state index contributed by atoms with van der Waals surface area (Å²) in [4.78, 5) is 10.8. The second-order valence-electron chi connectivity index (χ2n) is 5.05. The van der Waals surface area contributed by atoms with Crippen LogP contribution in [0.3, 0.4) is 0 Å². The normalized spacial score (nSPS) is 10.2. The van der Waals surface area contributed by atoms with Gasteiger partial charge in [0.15, 0.2) is 6.61 Å². The van der Waals surface area contributed by atoms with E-state index in [9.17, 15) is 4.79 Å². The second-order valence-corrected chi connectivity index (χ2v) is 5.05. The molecule has 4 nitrogen and oxygen atoms in total. The number of nitrogens with two attached hydrogens (primary N) is 1. The first-order chi connectivity index (χ1) is 10.7. The predicted molar refractivity (Wildman–Crippen MR) is 85.9 cm³/mol. The Morgan fingerprint density at radius 3 is 2.55 bits per heavy atom. The van der Waals surface area contributed by atoms with Crippen LogP contribution in [0.15, 0.2) is 48.5 Å². The van der Waals surface area contributed by atoms with Crippen LogP contribution in [-0.4, -0.2) is 12.5 Å². The zero-order valence-corrected chi connectivity index (χ0v) is 12.7. The maximum absolute atomic E-state index is 10.8. The van der Waals surface area contributed by atoms with Crippen molar-refractivity contribution in [3.05, 3.63) is 59.7 Å². The molecular formula is C18H21NO3. The summed E-state index contributed by atoms with van der Waals surface area (Å²) in [5.41, 5.74) is 7.26. The number of amides is 1. The molecule has 0 spiro atoms. The van der Waals surface area contributed by atoms with Gasteiger partial charge in [-0.15, -0.1) is 0 Å². The van der Waals surface area contributed by atoms with Gasteiger partial charge in [-0.1, -0.05) is 43.7 Å². The van der Waals surface area contributed by atoms with Gasteiger partial charge in [0, 0.05) is 0 Å². The van der Waals surface area contributed by atoms with E-state index in [4.69, 9.17) is 15.2 Å². The van der Waals surface area contributed by atoms with Crippen LogP contribution in [0.1, 0.15) is 24.5 Å². The molecule has 0 atom stereocenters. The smallest absolute Gasteiger partial charge is 0.255 e. The number of benzene rings is 2. The summed E-state index contributed by atoms with van der Waals surface area (Å²) in [5.74, 6) is 0.998. The van der Waals surface area contributed by atoms with Crippen LogP contribution in [0.2, 0.25) is 0 Å². The van der Waals surface area contributed by atoms with Crippen molar-refractivity contribution in [1.29, 1.82) is 0 Å².